The SMILES string of the molecule is NC(=S)CCCCNC(=O)c1ccco1. The van der Waals surface area contributed by atoms with E-state index in [9.17, 15) is 4.79 Å². The molecule has 5 heteroatoms. The van der Waals surface area contributed by atoms with Crippen LogP contribution in [-0.2, 0) is 0 Å². The maximum Gasteiger partial charge on any atom is 0.286 e. The molecule has 0 aliphatic heterocycles. The van der Waals surface area contributed by atoms with Crippen molar-refractivity contribution in [1.82, 2.24) is 5.32 Å². The number of amides is 1. The molecule has 1 heterocycles. The molecule has 1 aromatic rings. The van der Waals surface area contributed by atoms with Crippen molar-refractivity contribution < 1.29 is 9.21 Å². The molecule has 15 heavy (non-hydrogen) atoms. The molecule has 0 spiro atoms. The number of hydrogen-bond acceptors (Lipinski definition) is 3. The minimum Gasteiger partial charge on any atom is -0.459 e. The zero-order valence-electron chi connectivity index (χ0n) is 8.36. The molecule has 0 radical (unpaired) electrons. The lowest BCUT2D eigenvalue weighted by molar-refractivity contribution is 0.0925. The van der Waals surface area contributed by atoms with E-state index in [0.717, 1.165) is 19.3 Å². The molecule has 1 rings (SSSR count). The van der Waals surface area contributed by atoms with Crippen LogP contribution in [0.5, 0.6) is 0 Å². The van der Waals surface area contributed by atoms with Gasteiger partial charge < -0.3 is 15.5 Å². The summed E-state index contributed by atoms with van der Waals surface area (Å²) in [7, 11) is 0. The largest absolute Gasteiger partial charge is 0.459 e. The summed E-state index contributed by atoms with van der Waals surface area (Å²) in [6.07, 6.45) is 3.96. The second kappa shape index (κ2) is 6.19. The molecular formula is C10H14N2O2S. The van der Waals surface area contributed by atoms with Crippen LogP contribution >= 0.6 is 12.2 Å². The second-order valence-corrected chi connectivity index (χ2v) is 3.68. The molecule has 0 saturated carbocycles. The van der Waals surface area contributed by atoms with Gasteiger partial charge >= 0.3 is 0 Å². The first kappa shape index (κ1) is 11.7. The van der Waals surface area contributed by atoms with Crippen LogP contribution in [0.3, 0.4) is 0 Å². The number of carbonyl (C=O) groups excluding carboxylic acids is 1. The quantitative estimate of drug-likeness (QED) is 0.569. The summed E-state index contributed by atoms with van der Waals surface area (Å²) < 4.78 is 4.94. The topological polar surface area (TPSA) is 68.3 Å². The number of rotatable bonds is 6. The van der Waals surface area contributed by atoms with E-state index >= 15 is 0 Å². The predicted octanol–water partition coefficient (Wildman–Crippen LogP) is 1.47. The Bertz CT molecular complexity index is 322. The van der Waals surface area contributed by atoms with Gasteiger partial charge in [-0.2, -0.15) is 0 Å². The number of furan rings is 1. The van der Waals surface area contributed by atoms with Gasteiger partial charge in [-0.15, -0.1) is 0 Å². The van der Waals surface area contributed by atoms with E-state index in [1.807, 2.05) is 0 Å². The van der Waals surface area contributed by atoms with E-state index in [2.05, 4.69) is 5.32 Å². The van der Waals surface area contributed by atoms with E-state index in [1.54, 1.807) is 12.1 Å². The lowest BCUT2D eigenvalue weighted by Gasteiger charge is -2.02. The Morgan fingerprint density at radius 2 is 2.33 bits per heavy atom. The van der Waals surface area contributed by atoms with E-state index in [-0.39, 0.29) is 5.91 Å². The zero-order valence-corrected chi connectivity index (χ0v) is 9.18. The second-order valence-electron chi connectivity index (χ2n) is 3.16. The van der Waals surface area contributed by atoms with Gasteiger partial charge in [-0.25, -0.2) is 0 Å². The molecule has 82 valence electrons. The average molecular weight is 226 g/mol. The number of nitrogens with two attached hydrogens (primary N) is 1. The predicted molar refractivity (Wildman–Crippen MR) is 61.7 cm³/mol. The summed E-state index contributed by atoms with van der Waals surface area (Å²) in [5, 5.41) is 2.74. The molecule has 0 bridgehead atoms. The lowest BCUT2D eigenvalue weighted by Crippen LogP contribution is -2.24. The molecule has 0 fully saturated rings. The lowest BCUT2D eigenvalue weighted by atomic mass is 10.2. The van der Waals surface area contributed by atoms with Gasteiger partial charge in [-0.05, 0) is 31.4 Å². The van der Waals surface area contributed by atoms with E-state index in [0.29, 0.717) is 17.3 Å². The minimum absolute atomic E-state index is 0.185. The van der Waals surface area contributed by atoms with Gasteiger partial charge in [0, 0.05) is 6.54 Å². The zero-order chi connectivity index (χ0) is 11.1. The summed E-state index contributed by atoms with van der Waals surface area (Å²) in [6, 6.07) is 3.31. The van der Waals surface area contributed by atoms with Gasteiger partial charge in [0.15, 0.2) is 5.76 Å². The maximum atomic E-state index is 11.3. The summed E-state index contributed by atoms with van der Waals surface area (Å²) >= 11 is 4.74. The van der Waals surface area contributed by atoms with Crippen LogP contribution < -0.4 is 11.1 Å². The first-order valence-electron chi connectivity index (χ1n) is 4.80. The first-order valence-corrected chi connectivity index (χ1v) is 5.21. The third-order valence-electron chi connectivity index (χ3n) is 1.88. The Morgan fingerprint density at radius 3 is 2.93 bits per heavy atom. The van der Waals surface area contributed by atoms with Crippen molar-refractivity contribution in [3.05, 3.63) is 24.2 Å². The number of nitrogens with one attached hydrogen (secondary N) is 1. The molecule has 1 aromatic heterocycles. The molecule has 4 nitrogen and oxygen atoms in total. The van der Waals surface area contributed by atoms with Gasteiger partial charge in [0.05, 0.1) is 11.3 Å². The monoisotopic (exact) mass is 226 g/mol. The highest BCUT2D eigenvalue weighted by atomic mass is 32.1. The Labute approximate surface area is 93.8 Å². The van der Waals surface area contributed by atoms with Crippen LogP contribution in [0.2, 0.25) is 0 Å². The van der Waals surface area contributed by atoms with Crippen molar-refractivity contribution in [2.75, 3.05) is 6.54 Å². The van der Waals surface area contributed by atoms with Crippen LogP contribution in [0, 0.1) is 0 Å². The Morgan fingerprint density at radius 1 is 1.53 bits per heavy atom. The summed E-state index contributed by atoms with van der Waals surface area (Å²) in [6.45, 7) is 0.613. The van der Waals surface area contributed by atoms with Crippen molar-refractivity contribution in [2.24, 2.45) is 5.73 Å². The molecule has 0 aliphatic rings. The summed E-state index contributed by atoms with van der Waals surface area (Å²) in [4.78, 5) is 11.9. The molecule has 3 N–H and O–H groups in total. The molecule has 0 saturated heterocycles. The average Bonchev–Trinajstić information content (AvgIpc) is 2.69. The third-order valence-corrected chi connectivity index (χ3v) is 2.08. The standard InChI is InChI=1S/C10H14N2O2S/c11-9(15)5-1-2-6-12-10(13)8-4-3-7-14-8/h3-4,7H,1-2,5-6H2,(H2,11,15)(H,12,13). The molecular weight excluding hydrogens is 212 g/mol. The maximum absolute atomic E-state index is 11.3. The number of thiocarbonyl (C=S) groups is 1. The molecule has 0 atom stereocenters. The van der Waals surface area contributed by atoms with Crippen molar-refractivity contribution in [2.45, 2.75) is 19.3 Å². The number of hydrogen-bond donors (Lipinski definition) is 2. The van der Waals surface area contributed by atoms with Crippen molar-refractivity contribution in [3.63, 3.8) is 0 Å². The highest BCUT2D eigenvalue weighted by molar-refractivity contribution is 7.80. The molecule has 0 unspecified atom stereocenters. The fraction of sp³-hybridized carbons (Fsp3) is 0.400. The first-order chi connectivity index (χ1) is 7.20. The molecule has 0 aromatic carbocycles. The summed E-state index contributed by atoms with van der Waals surface area (Å²) in [5.74, 6) is 0.152. The summed E-state index contributed by atoms with van der Waals surface area (Å²) in [5.41, 5.74) is 5.34. The molecule has 1 amide bonds. The normalized spacial score (nSPS) is 9.87. The van der Waals surface area contributed by atoms with Crippen LogP contribution in [0.15, 0.2) is 22.8 Å². The molecule has 0 aliphatic carbocycles. The van der Waals surface area contributed by atoms with Crippen molar-refractivity contribution in [1.29, 1.82) is 0 Å². The smallest absolute Gasteiger partial charge is 0.286 e. The Hall–Kier alpha value is -1.36. The van der Waals surface area contributed by atoms with Crippen LogP contribution in [-0.4, -0.2) is 17.4 Å². The Kier molecular flexibility index (Phi) is 4.83. The highest BCUT2D eigenvalue weighted by Crippen LogP contribution is 1.99. The van der Waals surface area contributed by atoms with Gasteiger partial charge in [0.25, 0.3) is 5.91 Å². The number of unbranched alkanes of at least 4 members (excludes halogenated alkanes) is 1. The van der Waals surface area contributed by atoms with Gasteiger partial charge in [-0.3, -0.25) is 4.79 Å². The number of carbonyl (C=O) groups is 1. The fourth-order valence-electron chi connectivity index (χ4n) is 1.12. The highest BCUT2D eigenvalue weighted by Gasteiger charge is 2.06. The van der Waals surface area contributed by atoms with Crippen LogP contribution in [0.25, 0.3) is 0 Å². The third kappa shape index (κ3) is 4.60. The van der Waals surface area contributed by atoms with E-state index in [4.69, 9.17) is 22.4 Å². The van der Waals surface area contributed by atoms with Crippen molar-refractivity contribution >= 4 is 23.1 Å². The van der Waals surface area contributed by atoms with E-state index in [1.165, 1.54) is 6.26 Å². The Balaban J connectivity index is 2.10. The van der Waals surface area contributed by atoms with Gasteiger partial charge in [-0.1, -0.05) is 12.2 Å². The minimum atomic E-state index is -0.185. The van der Waals surface area contributed by atoms with Crippen LogP contribution in [0.4, 0.5) is 0 Å². The van der Waals surface area contributed by atoms with E-state index < -0.39 is 0 Å². The van der Waals surface area contributed by atoms with Gasteiger partial charge in [0.2, 0.25) is 0 Å². The fourth-order valence-corrected chi connectivity index (χ4v) is 1.27. The van der Waals surface area contributed by atoms with Crippen molar-refractivity contribution in [3.8, 4) is 0 Å². The van der Waals surface area contributed by atoms with Crippen LogP contribution in [0.1, 0.15) is 29.8 Å². The van der Waals surface area contributed by atoms with Gasteiger partial charge in [0.1, 0.15) is 0 Å².